The molecule has 0 heterocycles. The van der Waals surface area contributed by atoms with E-state index in [4.69, 9.17) is 32.7 Å². The summed E-state index contributed by atoms with van der Waals surface area (Å²) in [5, 5.41) is 41.5. The number of carbonyl (C=O) groups excluding carboxylic acids is 3. The van der Waals surface area contributed by atoms with Gasteiger partial charge in [-0.05, 0) is 278 Å². The molecule has 4 N–H and O–H groups in total. The van der Waals surface area contributed by atoms with Crippen molar-refractivity contribution in [2.45, 2.75) is 153 Å². The average molecular weight is 1750 g/mol. The summed E-state index contributed by atoms with van der Waals surface area (Å²) in [4.78, 5) is 39.4. The fourth-order valence-corrected chi connectivity index (χ4v) is 16.8. The summed E-state index contributed by atoms with van der Waals surface area (Å²) < 4.78 is 19.9. The van der Waals surface area contributed by atoms with Gasteiger partial charge in [-0.2, -0.15) is 0 Å². The van der Waals surface area contributed by atoms with E-state index in [0.29, 0.717) is 58.7 Å². The van der Waals surface area contributed by atoms with Crippen molar-refractivity contribution in [3.63, 3.8) is 0 Å². The minimum atomic E-state index is -1.42. The van der Waals surface area contributed by atoms with Crippen molar-refractivity contribution in [1.29, 1.82) is 0 Å². The maximum absolute atomic E-state index is 11.7. The van der Waals surface area contributed by atoms with Gasteiger partial charge < -0.3 is 75.9 Å². The van der Waals surface area contributed by atoms with Gasteiger partial charge in [-0.1, -0.05) is 68.3 Å². The molecule has 0 aliphatic heterocycles. The predicted molar refractivity (Wildman–Crippen MR) is 420 cm³/mol. The smallest absolute Gasteiger partial charge is 0.241 e. The molecule has 9 saturated carbocycles. The molecule has 0 saturated heterocycles. The molecule has 0 bridgehead atoms. The molecule has 15 atom stereocenters. The molecule has 14 rings (SSSR count). The van der Waals surface area contributed by atoms with E-state index in [-0.39, 0.29) is 71.6 Å². The molecule has 100 heavy (non-hydrogen) atoms. The molecule has 3 aromatic carbocycles. The maximum atomic E-state index is 11.7. The van der Waals surface area contributed by atoms with Crippen molar-refractivity contribution in [2.75, 3.05) is 100 Å². The Labute approximate surface area is 661 Å². The van der Waals surface area contributed by atoms with Crippen LogP contribution in [0.3, 0.4) is 0 Å². The molecule has 0 radical (unpaired) electrons. The van der Waals surface area contributed by atoms with Gasteiger partial charge in [-0.25, -0.2) is 4.58 Å². The van der Waals surface area contributed by atoms with Gasteiger partial charge in [0.15, 0.2) is 5.78 Å². The zero-order valence-electron chi connectivity index (χ0n) is 62.3. The van der Waals surface area contributed by atoms with E-state index in [1.165, 1.54) is 76.4 Å². The van der Waals surface area contributed by atoms with Crippen molar-refractivity contribution < 1.29 is 84.4 Å². The number of hydrogen-bond acceptors (Lipinski definition) is 12. The van der Waals surface area contributed by atoms with E-state index >= 15 is 0 Å². The fourth-order valence-electron chi connectivity index (χ4n) is 15.0. The highest BCUT2D eigenvalue weighted by Crippen LogP contribution is 2.63. The van der Waals surface area contributed by atoms with Crippen molar-refractivity contribution in [3.8, 4) is 11.5 Å². The molecule has 7 unspecified atom stereocenters. The fraction of sp³-hybridized carbons (Fsp3) is 0.667. The average Bonchev–Trinajstić information content (AvgIpc) is 1.59. The van der Waals surface area contributed by atoms with Crippen LogP contribution in [0.25, 0.3) is 0 Å². The lowest BCUT2D eigenvalue weighted by Crippen LogP contribution is -3.00. The standard InChI is InChI=1S/C16H22BrNO.C16H23NO2.C10H17NO.C10H18OSi.C7H10O.C6H5BrO.C6H8O.C3H8N.C3H9OS.CH2Cl2.2ClH.HI/c1-18(2)10-13-7-6-11-8-15(11)16(13,19)12-4-3-5-14(17)9-12;1-17(2)10-13-7-6-11-8-15(11)16(13,19)12-4-3-5-14(18)9-12;1-11(2)6-8-4-3-7-5-9(7)10(8)12;1-12(2,3)11-10-6-4-5-8-7-9(8)10;8-7-3-1-2-5-4-6(5)7;7-5-2-1-3-6(8)4-5;7-6-4-2-1-3-5-6;1-4(2)3;1-5(2,3)4;2-1-3;;;/h3-5,9,11,13,15,19H,6-8,10H2,1-2H3;3-5,9,11,13,15,18-19H,6-8,10H2,1-2H3;7-9H,3-6H2,1-2H3;6,8-9H,4-5,7H2,1-3H3;5-6H,1-4H2;1-4,8H;2,4H,1,3,5H2;1H2,2-3H3;1-3H3;1H2;3*1H/q;;;;;;;2*+1;;;;/p-2/t2*11-,13-,15+,16+;;;;;;;;;;;/m11.........../s1. The summed E-state index contributed by atoms with van der Waals surface area (Å²) in [5.74, 6) is 10.9. The summed E-state index contributed by atoms with van der Waals surface area (Å²) in [6, 6.07) is 22.4. The lowest BCUT2D eigenvalue weighted by molar-refractivity contribution is -0.454. The lowest BCUT2D eigenvalue weighted by atomic mass is 9.71. The molecule has 0 spiro atoms. The first-order valence-electron chi connectivity index (χ1n) is 35.5. The quantitative estimate of drug-likeness (QED) is 0.0379. The monoisotopic (exact) mass is 1740 g/mol. The van der Waals surface area contributed by atoms with E-state index in [1.54, 1.807) is 59.8 Å². The Morgan fingerprint density at radius 1 is 0.620 bits per heavy atom. The Morgan fingerprint density at radius 3 is 1.47 bits per heavy atom. The van der Waals surface area contributed by atoms with Gasteiger partial charge in [-0.3, -0.25) is 14.4 Å². The summed E-state index contributed by atoms with van der Waals surface area (Å²) in [6.45, 7) is 13.1. The summed E-state index contributed by atoms with van der Waals surface area (Å²) in [7, 11) is 13.4. The first-order chi connectivity index (χ1) is 45.5. The molecule has 0 aromatic heterocycles. The molecular weight excluding hydrogens is 1630 g/mol. The highest BCUT2D eigenvalue weighted by molar-refractivity contribution is 9.10. The van der Waals surface area contributed by atoms with E-state index in [0.717, 1.165) is 121 Å². The van der Waals surface area contributed by atoms with Gasteiger partial charge in [0.1, 0.15) is 62.6 Å². The number of hydrogen-bond donors (Lipinski definition) is 4. The molecule has 13 nitrogen and oxygen atoms in total. The minimum absolute atomic E-state index is 0. The number of rotatable bonds is 10. The van der Waals surface area contributed by atoms with Gasteiger partial charge in [0, 0.05) is 76.9 Å². The van der Waals surface area contributed by atoms with E-state index < -0.39 is 29.5 Å². The van der Waals surface area contributed by atoms with E-state index in [9.17, 15) is 33.9 Å². The number of benzene rings is 3. The Morgan fingerprint density at radius 2 is 1.06 bits per heavy atom. The first kappa shape index (κ1) is 94.3. The number of phenols is 2. The largest absolute Gasteiger partial charge is 1.00 e. The number of fused-ring (bicyclic) bond motifs is 5. The number of allylic oxidation sites excluding steroid dienone is 4. The van der Waals surface area contributed by atoms with E-state index in [2.05, 4.69) is 119 Å². The Balaban J connectivity index is 0.000000393. The normalized spacial score (nSPS) is 29.6. The number of alkyl halides is 2. The predicted octanol–water partition coefficient (Wildman–Crippen LogP) is 10.8. The number of halogens is 7. The third-order valence-electron chi connectivity index (χ3n) is 19.8. The third kappa shape index (κ3) is 33.2. The molecular formula is C78H123Br2Cl4IN4O9SSi. The van der Waals surface area contributed by atoms with Crippen LogP contribution in [0.5, 0.6) is 11.5 Å². The van der Waals surface area contributed by atoms with Crippen LogP contribution in [0.2, 0.25) is 19.6 Å². The number of nitrogens with zero attached hydrogens (tertiary/aromatic N) is 4. The summed E-state index contributed by atoms with van der Waals surface area (Å²) in [6.07, 6.45) is 33.3. The van der Waals surface area contributed by atoms with Crippen LogP contribution in [-0.2, 0) is 44.2 Å². The van der Waals surface area contributed by atoms with Crippen LogP contribution in [0.15, 0.2) is 106 Å². The topological polar surface area (TPSA) is 171 Å². The van der Waals surface area contributed by atoms with Crippen molar-refractivity contribution in [3.05, 3.63) is 117 Å². The third-order valence-corrected chi connectivity index (χ3v) is 21.6. The maximum Gasteiger partial charge on any atom is 0.241 e. The summed E-state index contributed by atoms with van der Waals surface area (Å²) >= 11 is 16.3. The highest BCUT2D eigenvalue weighted by atomic mass is 127. The second-order valence-electron chi connectivity index (χ2n) is 31.6. The van der Waals surface area contributed by atoms with Gasteiger partial charge in [0.25, 0.3) is 0 Å². The Kier molecular flexibility index (Phi) is 42.0. The SMILES string of the molecule is C=[N+](C)C.CN(C)CC1CCC2CC2C1=O.CN(C)C[C@H]1CC[C@@H]2C[C@@H]2[C@]1(O)c1cccc(Br)c1.CN(C)C[C@H]1CC[C@@H]2C[C@@H]2[C@]1(O)c1cccc(O)c1.C[S+](C)(C)=O.C[Si](C)(C)OC1=CCCC2CC12.Cl.ClCCl.O=C1C=CCCC1.O=C1CCCC2CC12.Oc1cccc(Br)c1.[Cl-].[I-]. The van der Waals surface area contributed by atoms with Crippen LogP contribution < -0.4 is 36.4 Å². The van der Waals surface area contributed by atoms with E-state index in [1.807, 2.05) is 64.6 Å². The molecule has 3 aromatic rings. The number of Topliss-reactive ketones (excluding diaryl/α,β-unsaturated/α-hetero) is 2. The van der Waals surface area contributed by atoms with Crippen LogP contribution in [0, 0.1) is 76.9 Å². The van der Waals surface area contributed by atoms with Gasteiger partial charge in [0.2, 0.25) is 8.32 Å². The first-order valence-corrected chi connectivity index (χ1v) is 44.4. The van der Waals surface area contributed by atoms with Crippen LogP contribution >= 0.6 is 67.5 Å². The molecule has 0 amide bonds. The Bertz CT molecular complexity index is 3010. The molecule has 11 aliphatic rings. The molecule has 568 valence electrons. The second kappa shape index (κ2) is 44.5. The zero-order valence-corrected chi connectivity index (χ0v) is 72.6. The number of ketones is 3. The van der Waals surface area contributed by atoms with Crippen LogP contribution in [-0.4, -0.2) is 172 Å². The van der Waals surface area contributed by atoms with Crippen LogP contribution in [0.4, 0.5) is 0 Å². The van der Waals surface area contributed by atoms with Gasteiger partial charge in [-0.15, -0.1) is 39.8 Å². The van der Waals surface area contributed by atoms with Crippen molar-refractivity contribution in [2.24, 2.45) is 76.9 Å². The number of carbonyl (C=O) groups is 3. The summed E-state index contributed by atoms with van der Waals surface area (Å²) in [5.41, 5.74) is 0.607. The number of aliphatic hydroxyl groups is 2. The zero-order chi connectivity index (χ0) is 72.2. The molecule has 11 aliphatic carbocycles. The number of phenolic OH excluding ortho intramolecular Hbond substituents is 2. The van der Waals surface area contributed by atoms with Crippen molar-refractivity contribution in [1.82, 2.24) is 14.7 Å². The highest BCUT2D eigenvalue weighted by Gasteiger charge is 2.60. The second-order valence-corrected chi connectivity index (χ2v) is 42.2. The Hall–Kier alpha value is -1.76. The molecule has 9 fully saturated rings. The van der Waals surface area contributed by atoms with Gasteiger partial charge >= 0.3 is 0 Å². The molecule has 22 heteroatoms. The van der Waals surface area contributed by atoms with Crippen molar-refractivity contribution >= 4 is 110 Å². The minimum Gasteiger partial charge on any atom is -1.00 e. The lowest BCUT2D eigenvalue weighted by Gasteiger charge is -2.42. The van der Waals surface area contributed by atoms with Gasteiger partial charge in [0.05, 0.1) is 32.2 Å². The van der Waals surface area contributed by atoms with Crippen LogP contribution in [0.1, 0.15) is 133 Å². The number of aromatic hydroxyl groups is 2.